The van der Waals surface area contributed by atoms with Crippen LogP contribution in [0.2, 0.25) is 0 Å². The Kier molecular flexibility index (Phi) is 5.03. The topological polar surface area (TPSA) is 18.5 Å². The molecule has 0 aliphatic carbocycles. The van der Waals surface area contributed by atoms with Crippen LogP contribution in [0.4, 0.5) is 0 Å². The van der Waals surface area contributed by atoms with E-state index in [4.69, 9.17) is 9.05 Å². The Morgan fingerprint density at radius 2 is 0.622 bits per heavy atom. The van der Waals surface area contributed by atoms with Gasteiger partial charge in [0.25, 0.3) is 0 Å². The zero-order chi connectivity index (χ0) is 24.8. The molecule has 37 heavy (non-hydrogen) atoms. The van der Waals surface area contributed by atoms with Crippen LogP contribution < -0.4 is 5.30 Å². The van der Waals surface area contributed by atoms with E-state index in [0.29, 0.717) is 0 Å². The maximum absolute atomic E-state index is 7.50. The first-order valence-electron chi connectivity index (χ1n) is 12.9. The summed E-state index contributed by atoms with van der Waals surface area (Å²) in [4.78, 5) is 0. The predicted molar refractivity (Wildman–Crippen MR) is 152 cm³/mol. The predicted octanol–water partition coefficient (Wildman–Crippen LogP) is 7.64. The summed E-state index contributed by atoms with van der Waals surface area (Å²) < 4.78 is 15.0. The van der Waals surface area contributed by atoms with Crippen LogP contribution in [-0.2, 0) is 20.2 Å². The van der Waals surface area contributed by atoms with Crippen molar-refractivity contribution in [2.45, 2.75) is 11.2 Å². The van der Waals surface area contributed by atoms with Gasteiger partial charge in [-0.3, -0.25) is 0 Å². The Morgan fingerprint density at radius 3 is 0.892 bits per heavy atom. The third-order valence-electron chi connectivity index (χ3n) is 8.11. The monoisotopic (exact) mass is 500 g/mol. The molecule has 2 heterocycles. The fourth-order valence-corrected chi connectivity index (χ4v) is 12.6. The number of rotatable bonds is 5. The van der Waals surface area contributed by atoms with Gasteiger partial charge in [0.2, 0.25) is 0 Å². The molecule has 2 fully saturated rings. The van der Waals surface area contributed by atoms with Crippen molar-refractivity contribution in [3.8, 4) is 0 Å². The van der Waals surface area contributed by atoms with E-state index in [9.17, 15) is 0 Å². The molecule has 0 N–H and O–H groups in total. The summed E-state index contributed by atoms with van der Waals surface area (Å²) in [6.45, 7) is 0. The fraction of sp³-hybridized carbons (Fsp3) is 0.118. The Bertz CT molecular complexity index is 1320. The third kappa shape index (κ3) is 3.23. The average Bonchev–Trinajstić information content (AvgIpc) is 2.95. The zero-order valence-electron chi connectivity index (χ0n) is 20.6. The summed E-state index contributed by atoms with van der Waals surface area (Å²) in [6, 6.07) is 53.3. The van der Waals surface area contributed by atoms with Gasteiger partial charge in [-0.05, 0) is 0 Å². The molecule has 1 spiro atoms. The first kappa shape index (κ1) is 22.6. The molecule has 3 heteroatoms. The van der Waals surface area contributed by atoms with Crippen LogP contribution >= 0.6 is 7.06 Å². The van der Waals surface area contributed by atoms with Gasteiger partial charge in [0.15, 0.2) is 0 Å². The summed E-state index contributed by atoms with van der Waals surface area (Å²) in [6.07, 6.45) is 1.64. The van der Waals surface area contributed by atoms with Crippen LogP contribution in [0.25, 0.3) is 0 Å². The van der Waals surface area contributed by atoms with Gasteiger partial charge in [-0.15, -0.1) is 0 Å². The molecule has 5 aromatic carbocycles. The van der Waals surface area contributed by atoms with Crippen LogP contribution in [-0.4, -0.2) is 12.3 Å². The van der Waals surface area contributed by atoms with E-state index in [1.165, 1.54) is 27.6 Å². The fourth-order valence-electron chi connectivity index (χ4n) is 6.54. The second-order valence-electron chi connectivity index (χ2n) is 10.3. The summed E-state index contributed by atoms with van der Waals surface area (Å²) >= 11 is 0. The van der Waals surface area contributed by atoms with Gasteiger partial charge in [-0.25, -0.2) is 0 Å². The van der Waals surface area contributed by atoms with Crippen molar-refractivity contribution in [3.05, 3.63) is 174 Å². The molecular formula is C34H29O2P. The van der Waals surface area contributed by atoms with E-state index < -0.39 is 18.3 Å². The van der Waals surface area contributed by atoms with E-state index in [0.717, 1.165) is 12.3 Å². The zero-order valence-corrected chi connectivity index (χ0v) is 21.5. The molecule has 0 saturated carbocycles. The van der Waals surface area contributed by atoms with Crippen LogP contribution in [0.15, 0.2) is 152 Å². The number of hydrogen-bond acceptors (Lipinski definition) is 2. The van der Waals surface area contributed by atoms with Crippen LogP contribution in [0.5, 0.6) is 0 Å². The molecule has 0 bridgehead atoms. The standard InChI is InChI=1S/C34H29O2P/c1-6-16-28(17-7-1)33(29-18-8-2-9-19-29)26-37(35-33,32-24-14-5-15-25-32)27-34(36-37,30-20-10-3-11-21-30)31-22-12-4-13-23-31/h1-25H,26-27H2. The molecule has 7 rings (SSSR count). The van der Waals surface area contributed by atoms with Gasteiger partial charge in [0.05, 0.1) is 0 Å². The third-order valence-corrected chi connectivity index (χ3v) is 13.2. The minimum absolute atomic E-state index is 0.546. The molecule has 2 saturated heterocycles. The van der Waals surface area contributed by atoms with Crippen molar-refractivity contribution in [1.82, 2.24) is 0 Å². The van der Waals surface area contributed by atoms with Crippen LogP contribution in [0.3, 0.4) is 0 Å². The van der Waals surface area contributed by atoms with Crippen molar-refractivity contribution < 1.29 is 9.05 Å². The molecule has 0 radical (unpaired) electrons. The molecule has 5 aromatic rings. The molecule has 0 amide bonds. The molecule has 2 aliphatic heterocycles. The molecule has 182 valence electrons. The van der Waals surface area contributed by atoms with Crippen molar-refractivity contribution in [3.63, 3.8) is 0 Å². The van der Waals surface area contributed by atoms with Gasteiger partial charge < -0.3 is 0 Å². The second-order valence-corrected chi connectivity index (χ2v) is 14.4. The van der Waals surface area contributed by atoms with Crippen molar-refractivity contribution >= 4 is 12.4 Å². The van der Waals surface area contributed by atoms with E-state index in [2.05, 4.69) is 152 Å². The Hall–Kier alpha value is -3.55. The second kappa shape index (κ2) is 8.23. The van der Waals surface area contributed by atoms with Gasteiger partial charge >= 0.3 is 219 Å². The van der Waals surface area contributed by atoms with Crippen LogP contribution in [0.1, 0.15) is 22.3 Å². The quantitative estimate of drug-likeness (QED) is 0.231. The van der Waals surface area contributed by atoms with Gasteiger partial charge in [-0.2, -0.15) is 0 Å². The number of hydrogen-bond donors (Lipinski definition) is 0. The van der Waals surface area contributed by atoms with Crippen molar-refractivity contribution in [2.75, 3.05) is 12.3 Å². The molecule has 2 nitrogen and oxygen atoms in total. The van der Waals surface area contributed by atoms with E-state index in [1.54, 1.807) is 0 Å². The Morgan fingerprint density at radius 1 is 0.378 bits per heavy atom. The number of benzene rings is 5. The van der Waals surface area contributed by atoms with E-state index in [1.807, 2.05) is 0 Å². The van der Waals surface area contributed by atoms with Gasteiger partial charge in [-0.1, -0.05) is 0 Å². The van der Waals surface area contributed by atoms with Crippen molar-refractivity contribution in [2.24, 2.45) is 0 Å². The normalized spacial score (nSPS) is 21.0. The van der Waals surface area contributed by atoms with Gasteiger partial charge in [0.1, 0.15) is 0 Å². The molecule has 0 aromatic heterocycles. The first-order valence-corrected chi connectivity index (χ1v) is 15.3. The maximum atomic E-state index is 7.50. The summed E-state index contributed by atoms with van der Waals surface area (Å²) in [5.74, 6) is 0. The average molecular weight is 501 g/mol. The van der Waals surface area contributed by atoms with E-state index >= 15 is 0 Å². The van der Waals surface area contributed by atoms with E-state index in [-0.39, 0.29) is 0 Å². The summed E-state index contributed by atoms with van der Waals surface area (Å²) in [5.41, 5.74) is 3.60. The molecule has 0 unspecified atom stereocenters. The molecule has 0 atom stereocenters. The molecule has 2 aliphatic rings. The minimum atomic E-state index is -3.23. The summed E-state index contributed by atoms with van der Waals surface area (Å²) in [5, 5.41) is 1.19. The first-order chi connectivity index (χ1) is 18.2. The van der Waals surface area contributed by atoms with Crippen LogP contribution in [0, 0.1) is 0 Å². The van der Waals surface area contributed by atoms with Crippen molar-refractivity contribution in [1.29, 1.82) is 0 Å². The van der Waals surface area contributed by atoms with Gasteiger partial charge in [0, 0.05) is 0 Å². The Labute approximate surface area is 218 Å². The SMILES string of the molecule is c1ccc(C2(c3ccccc3)CP3(c4ccccc4)(CC(c4ccccc4)(c4ccccc4)O3)O2)cc1. The molecular weight excluding hydrogens is 471 g/mol. The Balaban J connectivity index is 1.41. The summed E-state index contributed by atoms with van der Waals surface area (Å²) in [7, 11) is -3.23.